The van der Waals surface area contributed by atoms with E-state index in [4.69, 9.17) is 16.6 Å². The second kappa shape index (κ2) is 12.1. The number of thiophene rings is 1. The molecular formula is C26H30ClF2N7O3S. The molecule has 2 N–H and O–H groups in total. The number of nitrogens with one attached hydrogen (secondary N) is 2. The van der Waals surface area contributed by atoms with Crippen molar-refractivity contribution in [2.75, 3.05) is 68.9 Å². The van der Waals surface area contributed by atoms with Gasteiger partial charge < -0.3 is 29.9 Å². The van der Waals surface area contributed by atoms with E-state index in [1.807, 2.05) is 0 Å². The van der Waals surface area contributed by atoms with Crippen molar-refractivity contribution in [1.29, 1.82) is 0 Å². The van der Waals surface area contributed by atoms with Crippen molar-refractivity contribution in [3.8, 4) is 11.5 Å². The normalized spacial score (nSPS) is 16.4. The van der Waals surface area contributed by atoms with Gasteiger partial charge in [0, 0.05) is 37.9 Å². The van der Waals surface area contributed by atoms with E-state index in [2.05, 4.69) is 53.9 Å². The highest BCUT2D eigenvalue weighted by atomic mass is 35.5. The third-order valence-corrected chi connectivity index (χ3v) is 7.57. The van der Waals surface area contributed by atoms with Crippen molar-refractivity contribution >= 4 is 46.2 Å². The van der Waals surface area contributed by atoms with Crippen LogP contribution in [0.4, 0.5) is 26.1 Å². The van der Waals surface area contributed by atoms with E-state index in [1.165, 1.54) is 29.5 Å². The first kappa shape index (κ1) is 28.3. The van der Waals surface area contributed by atoms with Crippen LogP contribution in [0.1, 0.15) is 21.8 Å². The van der Waals surface area contributed by atoms with E-state index < -0.39 is 12.2 Å². The Morgan fingerprint density at radius 2 is 1.90 bits per heavy atom. The van der Waals surface area contributed by atoms with Gasteiger partial charge in [0.25, 0.3) is 5.91 Å². The largest absolute Gasteiger partial charge is 0.586 e. The SMILES string of the molecule is CN(C)CCCN1CCN(c2nc(Cl)cc(CNc3ccsc3C(=O)Nc3ccc4c(c3)OC(F)(F)O4)n2)CC1. The highest BCUT2D eigenvalue weighted by Gasteiger charge is 2.43. The number of carbonyl (C=O) groups excluding carboxylic acids is 1. The summed E-state index contributed by atoms with van der Waals surface area (Å²) in [5.41, 5.74) is 1.60. The number of fused-ring (bicyclic) bond motifs is 1. The molecule has 14 heteroatoms. The zero-order valence-corrected chi connectivity index (χ0v) is 23.7. The minimum Gasteiger partial charge on any atom is -0.395 e. The lowest BCUT2D eigenvalue weighted by Crippen LogP contribution is -2.47. The first-order valence-electron chi connectivity index (χ1n) is 12.8. The Morgan fingerprint density at radius 1 is 1.12 bits per heavy atom. The number of amides is 1. The molecule has 0 radical (unpaired) electrons. The monoisotopic (exact) mass is 593 g/mol. The summed E-state index contributed by atoms with van der Waals surface area (Å²) in [6.45, 7) is 5.99. The molecule has 4 heterocycles. The predicted octanol–water partition coefficient (Wildman–Crippen LogP) is 4.45. The molecule has 3 aromatic rings. The van der Waals surface area contributed by atoms with Crippen LogP contribution in [0.2, 0.25) is 5.15 Å². The number of carbonyl (C=O) groups is 1. The Balaban J connectivity index is 1.17. The van der Waals surface area contributed by atoms with E-state index in [0.717, 1.165) is 45.7 Å². The van der Waals surface area contributed by atoms with Gasteiger partial charge in [0.05, 0.1) is 17.9 Å². The molecule has 1 aromatic carbocycles. The van der Waals surface area contributed by atoms with Crippen LogP contribution in [0.5, 0.6) is 11.5 Å². The van der Waals surface area contributed by atoms with Crippen molar-refractivity contribution < 1.29 is 23.0 Å². The summed E-state index contributed by atoms with van der Waals surface area (Å²) >= 11 is 7.59. The fraction of sp³-hybridized carbons (Fsp3) is 0.423. The molecule has 2 aliphatic rings. The van der Waals surface area contributed by atoms with Gasteiger partial charge in [-0.25, -0.2) is 9.97 Å². The third-order valence-electron chi connectivity index (χ3n) is 6.46. The summed E-state index contributed by atoms with van der Waals surface area (Å²) in [6, 6.07) is 7.57. The number of halogens is 3. The van der Waals surface area contributed by atoms with Crippen LogP contribution in [-0.2, 0) is 6.54 Å². The lowest BCUT2D eigenvalue weighted by Gasteiger charge is -2.35. The van der Waals surface area contributed by atoms with Gasteiger partial charge in [-0.3, -0.25) is 9.69 Å². The van der Waals surface area contributed by atoms with E-state index in [-0.39, 0.29) is 11.5 Å². The maximum Gasteiger partial charge on any atom is 0.586 e. The van der Waals surface area contributed by atoms with E-state index >= 15 is 0 Å². The molecule has 214 valence electrons. The maximum atomic E-state index is 13.3. The van der Waals surface area contributed by atoms with Crippen molar-refractivity contribution in [3.05, 3.63) is 51.4 Å². The molecule has 0 aliphatic carbocycles. The van der Waals surface area contributed by atoms with E-state index in [0.29, 0.717) is 39.6 Å². The number of nitrogens with zero attached hydrogens (tertiary/aromatic N) is 5. The van der Waals surface area contributed by atoms with Crippen LogP contribution in [0.15, 0.2) is 35.7 Å². The second-order valence-corrected chi connectivity index (χ2v) is 11.1. The van der Waals surface area contributed by atoms with Crippen LogP contribution in [0.3, 0.4) is 0 Å². The molecule has 0 spiro atoms. The Labute approximate surface area is 239 Å². The van der Waals surface area contributed by atoms with Crippen molar-refractivity contribution in [3.63, 3.8) is 0 Å². The van der Waals surface area contributed by atoms with Crippen molar-refractivity contribution in [2.45, 2.75) is 19.3 Å². The maximum absolute atomic E-state index is 13.3. The van der Waals surface area contributed by atoms with Gasteiger partial charge in [-0.1, -0.05) is 11.6 Å². The summed E-state index contributed by atoms with van der Waals surface area (Å²) < 4.78 is 35.5. The minimum absolute atomic E-state index is 0.0914. The fourth-order valence-electron chi connectivity index (χ4n) is 4.49. The fourth-order valence-corrected chi connectivity index (χ4v) is 5.46. The van der Waals surface area contributed by atoms with Gasteiger partial charge in [0.2, 0.25) is 5.95 Å². The number of hydrogen-bond donors (Lipinski definition) is 2. The zero-order chi connectivity index (χ0) is 28.3. The number of hydrogen-bond acceptors (Lipinski definition) is 10. The van der Waals surface area contributed by atoms with Crippen LogP contribution >= 0.6 is 22.9 Å². The average molecular weight is 594 g/mol. The Kier molecular flexibility index (Phi) is 8.54. The van der Waals surface area contributed by atoms with E-state index in [9.17, 15) is 13.6 Å². The molecule has 5 rings (SSSR count). The highest BCUT2D eigenvalue weighted by Crippen LogP contribution is 2.42. The average Bonchev–Trinajstić information content (AvgIpc) is 3.49. The molecular weight excluding hydrogens is 564 g/mol. The first-order chi connectivity index (χ1) is 19.1. The number of aromatic nitrogens is 2. The molecule has 2 aromatic heterocycles. The quantitative estimate of drug-likeness (QED) is 0.331. The Bertz CT molecular complexity index is 1350. The number of piperazine rings is 1. The van der Waals surface area contributed by atoms with Gasteiger partial charge in [-0.15, -0.1) is 20.1 Å². The number of alkyl halides is 2. The molecule has 0 atom stereocenters. The zero-order valence-electron chi connectivity index (χ0n) is 22.1. The molecule has 1 saturated heterocycles. The minimum atomic E-state index is -3.72. The summed E-state index contributed by atoms with van der Waals surface area (Å²) in [6.07, 6.45) is -2.59. The van der Waals surface area contributed by atoms with Gasteiger partial charge in [0.15, 0.2) is 11.5 Å². The molecule has 1 fully saturated rings. The highest BCUT2D eigenvalue weighted by molar-refractivity contribution is 7.12. The van der Waals surface area contributed by atoms with E-state index in [1.54, 1.807) is 17.5 Å². The second-order valence-electron chi connectivity index (χ2n) is 9.77. The summed E-state index contributed by atoms with van der Waals surface area (Å²) in [5, 5.41) is 8.10. The van der Waals surface area contributed by atoms with Crippen LogP contribution in [0, 0.1) is 0 Å². The number of ether oxygens (including phenoxy) is 2. The number of rotatable bonds is 10. The van der Waals surface area contributed by atoms with Crippen LogP contribution in [0.25, 0.3) is 0 Å². The Morgan fingerprint density at radius 3 is 2.67 bits per heavy atom. The van der Waals surface area contributed by atoms with Crippen molar-refractivity contribution in [1.82, 2.24) is 19.8 Å². The third kappa shape index (κ3) is 7.08. The first-order valence-corrected chi connectivity index (χ1v) is 14.1. The molecule has 0 saturated carbocycles. The lowest BCUT2D eigenvalue weighted by atomic mass is 10.2. The molecule has 10 nitrogen and oxygen atoms in total. The van der Waals surface area contributed by atoms with Gasteiger partial charge in [0.1, 0.15) is 10.0 Å². The van der Waals surface area contributed by atoms with Crippen LogP contribution < -0.4 is 25.0 Å². The lowest BCUT2D eigenvalue weighted by molar-refractivity contribution is -0.286. The van der Waals surface area contributed by atoms with Gasteiger partial charge >= 0.3 is 6.29 Å². The predicted molar refractivity (Wildman–Crippen MR) is 151 cm³/mol. The molecule has 0 bridgehead atoms. The molecule has 2 aliphatic heterocycles. The molecule has 0 unspecified atom stereocenters. The smallest absolute Gasteiger partial charge is 0.395 e. The van der Waals surface area contributed by atoms with Crippen LogP contribution in [-0.4, -0.2) is 85.3 Å². The Hall–Kier alpha value is -3.26. The summed E-state index contributed by atoms with van der Waals surface area (Å²) in [7, 11) is 4.17. The molecule has 40 heavy (non-hydrogen) atoms. The standard InChI is InChI=1S/C26H30ClF2N7O3S/c1-34(2)7-3-8-35-9-11-36(12-10-35)25-32-18(15-22(27)33-25)16-30-19-6-13-40-23(19)24(37)31-17-4-5-20-21(14-17)39-26(28,29)38-20/h4-6,13-15,30H,3,7-12,16H2,1-2H3,(H,31,37). The van der Waals surface area contributed by atoms with Gasteiger partial charge in [-0.2, -0.15) is 0 Å². The number of anilines is 3. The summed E-state index contributed by atoms with van der Waals surface area (Å²) in [5.74, 6) is -0.0392. The molecule has 1 amide bonds. The van der Waals surface area contributed by atoms with Gasteiger partial charge in [-0.05, 0) is 63.3 Å². The van der Waals surface area contributed by atoms with Crippen molar-refractivity contribution in [2.24, 2.45) is 0 Å². The summed E-state index contributed by atoms with van der Waals surface area (Å²) in [4.78, 5) is 29.3. The number of benzene rings is 1. The topological polar surface area (TPSA) is 95.1 Å².